The molecule has 0 unspecified atom stereocenters. The van der Waals surface area contributed by atoms with Gasteiger partial charge in [-0.25, -0.2) is 10.2 Å². The Morgan fingerprint density at radius 1 is 1.33 bits per heavy atom. The van der Waals surface area contributed by atoms with E-state index in [4.69, 9.17) is 5.84 Å². The number of hydrazine groups is 1. The molecule has 1 aromatic heterocycles. The Bertz CT molecular complexity index is 691. The fraction of sp³-hybridized carbons (Fsp3) is 0.214. The maximum absolute atomic E-state index is 13.7. The van der Waals surface area contributed by atoms with Crippen LogP contribution in [0.25, 0.3) is 0 Å². The van der Waals surface area contributed by atoms with Gasteiger partial charge in [0, 0.05) is 19.5 Å². The van der Waals surface area contributed by atoms with Gasteiger partial charge in [-0.2, -0.15) is 5.10 Å². The number of fused-ring (bicyclic) bond motifs is 1. The van der Waals surface area contributed by atoms with E-state index in [9.17, 15) is 9.18 Å². The highest BCUT2D eigenvalue weighted by atomic mass is 19.1. The number of rotatable bonds is 2. The van der Waals surface area contributed by atoms with E-state index in [1.54, 1.807) is 23.1 Å². The van der Waals surface area contributed by atoms with Gasteiger partial charge in [-0.15, -0.1) is 5.10 Å². The summed E-state index contributed by atoms with van der Waals surface area (Å²) < 4.78 is 13.7. The van der Waals surface area contributed by atoms with E-state index in [1.165, 1.54) is 12.1 Å². The van der Waals surface area contributed by atoms with Crippen molar-refractivity contribution in [2.24, 2.45) is 5.84 Å². The van der Waals surface area contributed by atoms with Gasteiger partial charge in [-0.3, -0.25) is 4.79 Å². The quantitative estimate of drug-likeness (QED) is 0.638. The van der Waals surface area contributed by atoms with Crippen molar-refractivity contribution in [1.29, 1.82) is 0 Å². The number of amides is 1. The third-order valence-corrected chi connectivity index (χ3v) is 3.48. The highest BCUT2D eigenvalue weighted by Crippen LogP contribution is 2.21. The van der Waals surface area contributed by atoms with Crippen molar-refractivity contribution in [1.82, 2.24) is 15.1 Å². The van der Waals surface area contributed by atoms with Gasteiger partial charge in [0.15, 0.2) is 5.82 Å². The first-order chi connectivity index (χ1) is 10.2. The van der Waals surface area contributed by atoms with E-state index < -0.39 is 5.82 Å². The normalized spacial score (nSPS) is 13.7. The van der Waals surface area contributed by atoms with Crippen LogP contribution in [0.15, 0.2) is 30.3 Å². The number of carbonyl (C=O) groups excluding carboxylic acids is 1. The van der Waals surface area contributed by atoms with Gasteiger partial charge in [-0.1, -0.05) is 12.1 Å². The van der Waals surface area contributed by atoms with Crippen molar-refractivity contribution < 1.29 is 9.18 Å². The van der Waals surface area contributed by atoms with Gasteiger partial charge < -0.3 is 10.3 Å². The summed E-state index contributed by atoms with van der Waals surface area (Å²) in [5, 5.41) is 7.97. The SMILES string of the molecule is NNc1cc2c(nn1)CCN(C(=O)c1ccccc1F)C2. The molecule has 1 aliphatic rings. The van der Waals surface area contributed by atoms with Crippen LogP contribution in [-0.4, -0.2) is 27.5 Å². The number of nitrogens with two attached hydrogens (primary N) is 1. The molecule has 0 radical (unpaired) electrons. The number of halogens is 1. The lowest BCUT2D eigenvalue weighted by Crippen LogP contribution is -2.37. The lowest BCUT2D eigenvalue weighted by Gasteiger charge is -2.28. The monoisotopic (exact) mass is 287 g/mol. The first-order valence-corrected chi connectivity index (χ1v) is 6.55. The van der Waals surface area contributed by atoms with E-state index in [2.05, 4.69) is 15.6 Å². The molecule has 21 heavy (non-hydrogen) atoms. The third-order valence-electron chi connectivity index (χ3n) is 3.48. The van der Waals surface area contributed by atoms with Crippen LogP contribution in [0.2, 0.25) is 0 Å². The number of benzene rings is 1. The van der Waals surface area contributed by atoms with E-state index >= 15 is 0 Å². The number of nitrogen functional groups attached to an aromatic ring is 1. The fourth-order valence-corrected chi connectivity index (χ4v) is 2.38. The molecule has 6 nitrogen and oxygen atoms in total. The predicted molar refractivity (Wildman–Crippen MR) is 74.7 cm³/mol. The molecule has 2 aromatic rings. The summed E-state index contributed by atoms with van der Waals surface area (Å²) in [5.41, 5.74) is 4.22. The fourth-order valence-electron chi connectivity index (χ4n) is 2.38. The van der Waals surface area contributed by atoms with Crippen LogP contribution in [0.5, 0.6) is 0 Å². The Kier molecular flexibility index (Phi) is 3.49. The molecule has 0 saturated carbocycles. The van der Waals surface area contributed by atoms with E-state index in [1.807, 2.05) is 0 Å². The van der Waals surface area contributed by atoms with Crippen LogP contribution < -0.4 is 11.3 Å². The second-order valence-electron chi connectivity index (χ2n) is 4.80. The van der Waals surface area contributed by atoms with E-state index in [0.29, 0.717) is 25.3 Å². The molecule has 0 atom stereocenters. The molecule has 1 aliphatic heterocycles. The lowest BCUT2D eigenvalue weighted by atomic mass is 10.0. The van der Waals surface area contributed by atoms with Crippen LogP contribution in [0.4, 0.5) is 10.2 Å². The smallest absolute Gasteiger partial charge is 0.257 e. The standard InChI is InChI=1S/C14H14FN5O/c15-11-4-2-1-3-10(11)14(21)20-6-5-12-9(8-20)7-13(17-16)19-18-12/h1-4,7H,5-6,8,16H2,(H,17,19). The Morgan fingerprint density at radius 3 is 2.90 bits per heavy atom. The van der Waals surface area contributed by atoms with Crippen LogP contribution in [-0.2, 0) is 13.0 Å². The minimum atomic E-state index is -0.509. The summed E-state index contributed by atoms with van der Waals surface area (Å²) in [4.78, 5) is 14.0. The minimum absolute atomic E-state index is 0.0835. The van der Waals surface area contributed by atoms with Gasteiger partial charge in [0.25, 0.3) is 5.91 Å². The molecule has 0 aliphatic carbocycles. The number of nitrogens with zero attached hydrogens (tertiary/aromatic N) is 3. The van der Waals surface area contributed by atoms with Crippen molar-refractivity contribution in [3.05, 3.63) is 53.0 Å². The Morgan fingerprint density at radius 2 is 2.14 bits per heavy atom. The van der Waals surface area contributed by atoms with E-state index in [-0.39, 0.29) is 11.5 Å². The highest BCUT2D eigenvalue weighted by Gasteiger charge is 2.24. The molecule has 7 heteroatoms. The van der Waals surface area contributed by atoms with Crippen LogP contribution in [0, 0.1) is 5.82 Å². The highest BCUT2D eigenvalue weighted by molar-refractivity contribution is 5.94. The van der Waals surface area contributed by atoms with Crippen LogP contribution >= 0.6 is 0 Å². The second kappa shape index (κ2) is 5.45. The van der Waals surface area contributed by atoms with Crippen LogP contribution in [0.1, 0.15) is 21.6 Å². The van der Waals surface area contributed by atoms with Gasteiger partial charge >= 0.3 is 0 Å². The zero-order valence-corrected chi connectivity index (χ0v) is 11.2. The molecule has 0 saturated heterocycles. The Balaban J connectivity index is 1.85. The molecule has 0 bridgehead atoms. The number of nitrogens with one attached hydrogen (secondary N) is 1. The molecular weight excluding hydrogens is 273 g/mol. The summed E-state index contributed by atoms with van der Waals surface area (Å²) in [6.07, 6.45) is 0.591. The number of carbonyl (C=O) groups is 1. The van der Waals surface area contributed by atoms with Crippen molar-refractivity contribution in [3.8, 4) is 0 Å². The summed E-state index contributed by atoms with van der Waals surface area (Å²) >= 11 is 0. The molecule has 0 spiro atoms. The van der Waals surface area contributed by atoms with Crippen molar-refractivity contribution in [2.45, 2.75) is 13.0 Å². The summed E-state index contributed by atoms with van der Waals surface area (Å²) in [6, 6.07) is 7.74. The van der Waals surface area contributed by atoms with Crippen molar-refractivity contribution in [3.63, 3.8) is 0 Å². The van der Waals surface area contributed by atoms with Gasteiger partial charge in [-0.05, 0) is 23.8 Å². The van der Waals surface area contributed by atoms with Crippen molar-refractivity contribution >= 4 is 11.7 Å². The minimum Gasteiger partial charge on any atom is -0.334 e. The first kappa shape index (κ1) is 13.4. The van der Waals surface area contributed by atoms with Gasteiger partial charge in [0.2, 0.25) is 0 Å². The number of aromatic nitrogens is 2. The second-order valence-corrected chi connectivity index (χ2v) is 4.80. The summed E-state index contributed by atoms with van der Waals surface area (Å²) in [6.45, 7) is 0.858. The third kappa shape index (κ3) is 2.55. The first-order valence-electron chi connectivity index (χ1n) is 6.55. The largest absolute Gasteiger partial charge is 0.334 e. The summed E-state index contributed by atoms with van der Waals surface area (Å²) in [7, 11) is 0. The average molecular weight is 287 g/mol. The maximum atomic E-state index is 13.7. The van der Waals surface area contributed by atoms with E-state index in [0.717, 1.165) is 11.3 Å². The van der Waals surface area contributed by atoms with Gasteiger partial charge in [0.1, 0.15) is 5.82 Å². The zero-order valence-electron chi connectivity index (χ0n) is 11.2. The van der Waals surface area contributed by atoms with Gasteiger partial charge in [0.05, 0.1) is 11.3 Å². The number of anilines is 1. The topological polar surface area (TPSA) is 84.1 Å². The zero-order chi connectivity index (χ0) is 14.8. The Hall–Kier alpha value is -2.54. The Labute approximate surface area is 120 Å². The number of hydrogen-bond acceptors (Lipinski definition) is 5. The maximum Gasteiger partial charge on any atom is 0.257 e. The predicted octanol–water partition coefficient (Wildman–Crippen LogP) is 1.10. The molecule has 2 heterocycles. The molecule has 1 aromatic carbocycles. The van der Waals surface area contributed by atoms with Crippen LogP contribution in [0.3, 0.4) is 0 Å². The molecule has 1 amide bonds. The molecule has 3 rings (SSSR count). The molecule has 108 valence electrons. The van der Waals surface area contributed by atoms with Crippen molar-refractivity contribution in [2.75, 3.05) is 12.0 Å². The molecule has 0 fully saturated rings. The number of hydrogen-bond donors (Lipinski definition) is 2. The molecule has 3 N–H and O–H groups in total. The average Bonchev–Trinajstić information content (AvgIpc) is 2.53. The molecular formula is C14H14FN5O. The summed E-state index contributed by atoms with van der Waals surface area (Å²) in [5.74, 6) is 4.91. The lowest BCUT2D eigenvalue weighted by molar-refractivity contribution is 0.0728.